The quantitative estimate of drug-likeness (QED) is 0.676. The number of hydrogen-bond donors (Lipinski definition) is 0. The van der Waals surface area contributed by atoms with Crippen LogP contribution >= 0.6 is 0 Å². The summed E-state index contributed by atoms with van der Waals surface area (Å²) in [6, 6.07) is 13.5. The summed E-state index contributed by atoms with van der Waals surface area (Å²) in [4.78, 5) is 0. The molecule has 0 aromatic heterocycles. The molecule has 0 saturated carbocycles. The van der Waals surface area contributed by atoms with Gasteiger partial charge in [-0.2, -0.15) is 0 Å². The van der Waals surface area contributed by atoms with E-state index in [1.807, 2.05) is 7.11 Å². The van der Waals surface area contributed by atoms with Crippen LogP contribution in [0.4, 0.5) is 0 Å². The predicted molar refractivity (Wildman–Crippen MR) is 62.3 cm³/mol. The second-order valence-electron chi connectivity index (χ2n) is 4.13. The van der Waals surface area contributed by atoms with Crippen LogP contribution in [0.3, 0.4) is 0 Å². The van der Waals surface area contributed by atoms with Gasteiger partial charge in [0.2, 0.25) is 8.32 Å². The SMILES string of the molecule is CO[Si]1(c2ccccc2)CCCCC1. The molecule has 0 atom stereocenters. The molecular formula is C12H18OSi. The van der Waals surface area contributed by atoms with Crippen molar-refractivity contribution in [3.8, 4) is 0 Å². The molecule has 1 fully saturated rings. The van der Waals surface area contributed by atoms with Crippen LogP contribution in [-0.2, 0) is 4.43 Å². The van der Waals surface area contributed by atoms with Gasteiger partial charge in [-0.1, -0.05) is 49.6 Å². The molecule has 1 saturated heterocycles. The molecule has 0 bridgehead atoms. The third-order valence-electron chi connectivity index (χ3n) is 3.35. The zero-order valence-electron chi connectivity index (χ0n) is 8.83. The maximum absolute atomic E-state index is 5.90. The Bertz CT molecular complexity index is 278. The smallest absolute Gasteiger partial charge is 0.223 e. The molecule has 0 amide bonds. The van der Waals surface area contributed by atoms with Crippen LogP contribution in [0.5, 0.6) is 0 Å². The van der Waals surface area contributed by atoms with Gasteiger partial charge in [-0.3, -0.25) is 0 Å². The van der Waals surface area contributed by atoms with Crippen LogP contribution in [0.2, 0.25) is 12.1 Å². The minimum absolute atomic E-state index is 1.31. The van der Waals surface area contributed by atoms with Crippen molar-refractivity contribution in [2.75, 3.05) is 7.11 Å². The van der Waals surface area contributed by atoms with Crippen LogP contribution in [0, 0.1) is 0 Å². The minimum Gasteiger partial charge on any atom is -0.415 e. The molecule has 0 radical (unpaired) electrons. The normalized spacial score (nSPS) is 20.6. The lowest BCUT2D eigenvalue weighted by molar-refractivity contribution is 0.390. The van der Waals surface area contributed by atoms with Crippen LogP contribution in [0.1, 0.15) is 19.3 Å². The van der Waals surface area contributed by atoms with Gasteiger partial charge in [-0.25, -0.2) is 0 Å². The summed E-state index contributed by atoms with van der Waals surface area (Å²) < 4.78 is 5.90. The monoisotopic (exact) mass is 206 g/mol. The first-order valence-corrected chi connectivity index (χ1v) is 7.80. The average molecular weight is 206 g/mol. The van der Waals surface area contributed by atoms with E-state index in [1.54, 1.807) is 0 Å². The largest absolute Gasteiger partial charge is 0.415 e. The summed E-state index contributed by atoms with van der Waals surface area (Å²) in [6.45, 7) is 0. The Balaban J connectivity index is 2.27. The van der Waals surface area contributed by atoms with E-state index in [9.17, 15) is 0 Å². The van der Waals surface area contributed by atoms with Gasteiger partial charge in [0.25, 0.3) is 0 Å². The van der Waals surface area contributed by atoms with Crippen molar-refractivity contribution in [1.29, 1.82) is 0 Å². The summed E-state index contributed by atoms with van der Waals surface area (Å²) >= 11 is 0. The van der Waals surface area contributed by atoms with E-state index in [0.717, 1.165) is 0 Å². The van der Waals surface area contributed by atoms with Crippen molar-refractivity contribution in [3.63, 3.8) is 0 Å². The Hall–Kier alpha value is -0.603. The van der Waals surface area contributed by atoms with Gasteiger partial charge in [0.1, 0.15) is 0 Å². The van der Waals surface area contributed by atoms with E-state index in [-0.39, 0.29) is 0 Å². The lowest BCUT2D eigenvalue weighted by Crippen LogP contribution is -2.51. The van der Waals surface area contributed by atoms with E-state index >= 15 is 0 Å². The van der Waals surface area contributed by atoms with Crippen LogP contribution < -0.4 is 5.19 Å². The summed E-state index contributed by atoms with van der Waals surface area (Å²) in [5.74, 6) is 0. The summed E-state index contributed by atoms with van der Waals surface area (Å²) in [7, 11) is 0.375. The third kappa shape index (κ3) is 1.77. The van der Waals surface area contributed by atoms with Crippen molar-refractivity contribution in [2.45, 2.75) is 31.4 Å². The fourth-order valence-corrected chi connectivity index (χ4v) is 6.39. The van der Waals surface area contributed by atoms with Gasteiger partial charge in [0.15, 0.2) is 0 Å². The Kier molecular flexibility index (Phi) is 3.04. The standard InChI is InChI=1S/C12H18OSi/c1-13-14(10-6-3-7-11-14)12-8-4-2-5-9-12/h2,4-5,8-9H,3,6-7,10-11H2,1H3. The van der Waals surface area contributed by atoms with Crippen molar-refractivity contribution < 1.29 is 4.43 Å². The van der Waals surface area contributed by atoms with Gasteiger partial charge in [0.05, 0.1) is 0 Å². The highest BCUT2D eigenvalue weighted by atomic mass is 28.4. The molecule has 1 nitrogen and oxygen atoms in total. The third-order valence-corrected chi connectivity index (χ3v) is 7.84. The van der Waals surface area contributed by atoms with Crippen LogP contribution in [0.25, 0.3) is 0 Å². The molecule has 0 N–H and O–H groups in total. The molecule has 0 aliphatic carbocycles. The van der Waals surface area contributed by atoms with E-state index in [4.69, 9.17) is 4.43 Å². The zero-order chi connectivity index (χ0) is 9.86. The van der Waals surface area contributed by atoms with Gasteiger partial charge < -0.3 is 4.43 Å². The highest BCUT2D eigenvalue weighted by molar-refractivity contribution is 6.86. The Labute approximate surface area is 87.2 Å². The maximum atomic E-state index is 5.90. The second kappa shape index (κ2) is 4.28. The Morgan fingerprint density at radius 3 is 2.21 bits per heavy atom. The number of rotatable bonds is 2. The molecule has 1 aliphatic rings. The molecular weight excluding hydrogens is 188 g/mol. The van der Waals surface area contributed by atoms with Crippen molar-refractivity contribution in [1.82, 2.24) is 0 Å². The lowest BCUT2D eigenvalue weighted by atomic mass is 10.3. The molecule has 14 heavy (non-hydrogen) atoms. The minimum atomic E-state index is -1.53. The summed E-state index contributed by atoms with van der Waals surface area (Å²) in [5, 5.41) is 1.49. The predicted octanol–water partition coefficient (Wildman–Crippen LogP) is 2.67. The second-order valence-corrected chi connectivity index (χ2v) is 8.10. The van der Waals surface area contributed by atoms with E-state index in [0.29, 0.717) is 0 Å². The fourth-order valence-electron chi connectivity index (χ4n) is 2.48. The number of benzene rings is 1. The average Bonchev–Trinajstić information content (AvgIpc) is 2.31. The molecule has 0 spiro atoms. The summed E-state index contributed by atoms with van der Waals surface area (Å²) in [5.41, 5.74) is 0. The lowest BCUT2D eigenvalue weighted by Gasteiger charge is -2.33. The molecule has 2 heteroatoms. The zero-order valence-corrected chi connectivity index (χ0v) is 9.83. The molecule has 1 aromatic rings. The van der Waals surface area contributed by atoms with Crippen molar-refractivity contribution >= 4 is 13.5 Å². The summed E-state index contributed by atoms with van der Waals surface area (Å²) in [6.07, 6.45) is 4.11. The van der Waals surface area contributed by atoms with Crippen molar-refractivity contribution in [2.24, 2.45) is 0 Å². The first-order valence-electron chi connectivity index (χ1n) is 5.48. The molecule has 0 unspecified atom stereocenters. The van der Waals surface area contributed by atoms with Gasteiger partial charge in [-0.15, -0.1) is 0 Å². The Morgan fingerprint density at radius 2 is 1.64 bits per heavy atom. The highest BCUT2D eigenvalue weighted by Gasteiger charge is 2.37. The van der Waals surface area contributed by atoms with E-state index in [1.165, 1.54) is 36.5 Å². The first-order chi connectivity index (χ1) is 6.87. The van der Waals surface area contributed by atoms with Crippen molar-refractivity contribution in [3.05, 3.63) is 30.3 Å². The van der Waals surface area contributed by atoms with Gasteiger partial charge in [-0.05, 0) is 17.3 Å². The van der Waals surface area contributed by atoms with E-state index in [2.05, 4.69) is 30.3 Å². The molecule has 76 valence electrons. The fraction of sp³-hybridized carbons (Fsp3) is 0.500. The topological polar surface area (TPSA) is 9.23 Å². The molecule has 2 rings (SSSR count). The number of hydrogen-bond acceptors (Lipinski definition) is 1. The molecule has 1 aliphatic heterocycles. The van der Waals surface area contributed by atoms with Gasteiger partial charge in [0, 0.05) is 7.11 Å². The maximum Gasteiger partial charge on any atom is 0.223 e. The highest BCUT2D eigenvalue weighted by Crippen LogP contribution is 2.28. The van der Waals surface area contributed by atoms with Crippen LogP contribution in [-0.4, -0.2) is 15.4 Å². The van der Waals surface area contributed by atoms with E-state index < -0.39 is 8.32 Å². The van der Waals surface area contributed by atoms with Gasteiger partial charge >= 0.3 is 0 Å². The Morgan fingerprint density at radius 1 is 1.00 bits per heavy atom. The molecule has 1 aromatic carbocycles. The first kappa shape index (κ1) is 9.93. The van der Waals surface area contributed by atoms with Crippen LogP contribution in [0.15, 0.2) is 30.3 Å². The molecule has 1 heterocycles.